The highest BCUT2D eigenvalue weighted by Gasteiger charge is 2.14. The molecule has 9 nitrogen and oxygen atoms in total. The highest BCUT2D eigenvalue weighted by Crippen LogP contribution is 2.30. The van der Waals surface area contributed by atoms with Crippen LogP contribution < -0.4 is 17.2 Å². The number of amidine groups is 1. The summed E-state index contributed by atoms with van der Waals surface area (Å²) >= 11 is 0. The number of nitrogens with zero attached hydrogens (tertiary/aromatic N) is 5. The van der Waals surface area contributed by atoms with Crippen LogP contribution in [0, 0.1) is 5.41 Å². The van der Waals surface area contributed by atoms with E-state index in [1.807, 2.05) is 67.2 Å². The quantitative estimate of drug-likeness (QED) is 0.239. The molecule has 0 radical (unpaired) electrons. The Morgan fingerprint density at radius 2 is 1.41 bits per heavy atom. The minimum Gasteiger partial charge on any atom is -0.387 e. The smallest absolute Gasteiger partial charge is 0.191 e. The summed E-state index contributed by atoms with van der Waals surface area (Å²) in [6.45, 7) is 0. The van der Waals surface area contributed by atoms with E-state index in [9.17, 15) is 0 Å². The lowest BCUT2D eigenvalue weighted by molar-refractivity contribution is 0.955. The molecule has 0 saturated carbocycles. The predicted octanol–water partition coefficient (Wildman–Crippen LogP) is 3.18. The van der Waals surface area contributed by atoms with E-state index in [4.69, 9.17) is 32.6 Å². The molecule has 0 aliphatic rings. The Bertz CT molecular complexity index is 1580. The van der Waals surface area contributed by atoms with Gasteiger partial charge in [0.2, 0.25) is 0 Å². The lowest BCUT2D eigenvalue weighted by Gasteiger charge is -2.06. The van der Waals surface area contributed by atoms with Crippen molar-refractivity contribution in [2.24, 2.45) is 36.3 Å². The number of guanidine groups is 1. The highest BCUT2D eigenvalue weighted by atomic mass is 15.1. The number of fused-ring (bicyclic) bond motifs is 2. The lowest BCUT2D eigenvalue weighted by atomic mass is 10.1. The van der Waals surface area contributed by atoms with Gasteiger partial charge in [0.15, 0.2) is 5.96 Å². The molecule has 0 saturated heterocycles. The number of nitrogens with one attached hydrogen (secondary N) is 1. The number of rotatable bonds is 5. The molecule has 0 spiro atoms. The highest BCUT2D eigenvalue weighted by molar-refractivity contribution is 5.87. The summed E-state index contributed by atoms with van der Waals surface area (Å²) in [6.07, 6.45) is 0.419. The van der Waals surface area contributed by atoms with Crippen LogP contribution in [0.15, 0.2) is 65.7 Å². The van der Waals surface area contributed by atoms with Gasteiger partial charge < -0.3 is 26.3 Å². The number of imidazole rings is 2. The van der Waals surface area contributed by atoms with Crippen molar-refractivity contribution in [2.45, 2.75) is 6.42 Å². The normalized spacial score (nSPS) is 11.2. The zero-order valence-electron chi connectivity index (χ0n) is 18.9. The van der Waals surface area contributed by atoms with Gasteiger partial charge >= 0.3 is 0 Å². The van der Waals surface area contributed by atoms with Gasteiger partial charge in [0.25, 0.3) is 0 Å². The van der Waals surface area contributed by atoms with Gasteiger partial charge in [0.1, 0.15) is 11.6 Å². The second kappa shape index (κ2) is 8.04. The van der Waals surface area contributed by atoms with E-state index < -0.39 is 0 Å². The summed E-state index contributed by atoms with van der Waals surface area (Å²) < 4.78 is 4.10. The Morgan fingerprint density at radius 3 is 2.03 bits per heavy atom. The Kier molecular flexibility index (Phi) is 5.01. The number of hydrogen-bond donors (Lipinski definition) is 4. The molecular weight excluding hydrogens is 426 g/mol. The van der Waals surface area contributed by atoms with Crippen molar-refractivity contribution in [3.63, 3.8) is 0 Å². The lowest BCUT2D eigenvalue weighted by Crippen LogP contribution is -2.21. The van der Waals surface area contributed by atoms with Crippen LogP contribution in [0.2, 0.25) is 0 Å². The fourth-order valence-electron chi connectivity index (χ4n) is 4.26. The molecule has 0 aliphatic heterocycles. The molecule has 5 rings (SSSR count). The van der Waals surface area contributed by atoms with Crippen molar-refractivity contribution < 1.29 is 0 Å². The topological polar surface area (TPSA) is 150 Å². The summed E-state index contributed by atoms with van der Waals surface area (Å²) in [6, 6.07) is 19.9. The number of aryl methyl sites for hydroxylation is 2. The molecule has 0 unspecified atom stereocenters. The first-order chi connectivity index (χ1) is 16.3. The third-order valence-corrected chi connectivity index (χ3v) is 5.86. The van der Waals surface area contributed by atoms with Crippen LogP contribution in [0.3, 0.4) is 0 Å². The molecule has 2 aromatic heterocycles. The van der Waals surface area contributed by atoms with Crippen LogP contribution in [-0.4, -0.2) is 30.9 Å². The largest absolute Gasteiger partial charge is 0.387 e. The van der Waals surface area contributed by atoms with Crippen LogP contribution in [0.5, 0.6) is 0 Å². The van der Waals surface area contributed by atoms with E-state index in [0.29, 0.717) is 12.1 Å². The molecule has 7 N–H and O–H groups in total. The number of benzene rings is 3. The van der Waals surface area contributed by atoms with Gasteiger partial charge in [-0.1, -0.05) is 30.3 Å². The third kappa shape index (κ3) is 3.73. The molecule has 0 fully saturated rings. The summed E-state index contributed by atoms with van der Waals surface area (Å²) in [5, 5.41) is 7.53. The van der Waals surface area contributed by atoms with E-state index in [1.54, 1.807) is 0 Å². The van der Waals surface area contributed by atoms with Gasteiger partial charge in [-0.25, -0.2) is 15.0 Å². The van der Waals surface area contributed by atoms with Crippen LogP contribution in [-0.2, 0) is 20.5 Å². The molecule has 0 atom stereocenters. The number of aromatic nitrogens is 4. The van der Waals surface area contributed by atoms with Crippen LogP contribution in [0.4, 0.5) is 5.69 Å². The average molecular weight is 452 g/mol. The zero-order valence-corrected chi connectivity index (χ0v) is 18.9. The molecular formula is C25H25N9. The fraction of sp³-hybridized carbons (Fsp3) is 0.120. The molecule has 9 heteroatoms. The second-order valence-electron chi connectivity index (χ2n) is 8.30. The Labute approximate surface area is 196 Å². The van der Waals surface area contributed by atoms with E-state index in [-0.39, 0.29) is 11.8 Å². The fourth-order valence-corrected chi connectivity index (χ4v) is 4.26. The summed E-state index contributed by atoms with van der Waals surface area (Å²) in [5.41, 5.74) is 24.0. The summed E-state index contributed by atoms with van der Waals surface area (Å²) in [7, 11) is 3.98. The van der Waals surface area contributed by atoms with Gasteiger partial charge in [-0.2, -0.15) is 0 Å². The van der Waals surface area contributed by atoms with Gasteiger partial charge in [0, 0.05) is 31.6 Å². The van der Waals surface area contributed by atoms with Crippen molar-refractivity contribution in [3.8, 4) is 22.8 Å². The van der Waals surface area contributed by atoms with E-state index in [0.717, 1.165) is 50.4 Å². The Morgan fingerprint density at radius 1 is 0.794 bits per heavy atom. The molecule has 34 heavy (non-hydrogen) atoms. The van der Waals surface area contributed by atoms with E-state index >= 15 is 0 Å². The third-order valence-electron chi connectivity index (χ3n) is 5.86. The molecule has 170 valence electrons. The average Bonchev–Trinajstić information content (AvgIpc) is 3.30. The molecule has 0 aliphatic carbocycles. The molecule has 3 aromatic carbocycles. The molecule has 0 bridgehead atoms. The number of aliphatic imine (C=N–C) groups is 1. The Hall–Kier alpha value is -4.66. The van der Waals surface area contributed by atoms with Gasteiger partial charge in [-0.15, -0.1) is 0 Å². The van der Waals surface area contributed by atoms with Crippen LogP contribution in [0.1, 0.15) is 5.56 Å². The summed E-state index contributed by atoms with van der Waals surface area (Å²) in [5.74, 6) is 1.88. The molecule has 5 aromatic rings. The van der Waals surface area contributed by atoms with E-state index in [1.165, 1.54) is 0 Å². The number of hydrogen-bond acceptors (Lipinski definition) is 4. The second-order valence-corrected chi connectivity index (χ2v) is 8.30. The molecule has 0 amide bonds. The Balaban J connectivity index is 1.50. The van der Waals surface area contributed by atoms with Crippen molar-refractivity contribution in [2.75, 3.05) is 0 Å². The minimum atomic E-state index is 0.0225. The maximum absolute atomic E-state index is 7.53. The van der Waals surface area contributed by atoms with Crippen molar-refractivity contribution in [1.29, 1.82) is 5.41 Å². The van der Waals surface area contributed by atoms with Crippen molar-refractivity contribution in [3.05, 3.63) is 66.2 Å². The number of nitrogens with two attached hydrogens (primary N) is 3. The first-order valence-corrected chi connectivity index (χ1v) is 10.8. The van der Waals surface area contributed by atoms with Gasteiger partial charge in [-0.3, -0.25) is 5.41 Å². The zero-order chi connectivity index (χ0) is 24.0. The first-order valence-electron chi connectivity index (χ1n) is 10.8. The van der Waals surface area contributed by atoms with Crippen molar-refractivity contribution in [1.82, 2.24) is 19.1 Å². The minimum absolute atomic E-state index is 0.0225. The van der Waals surface area contributed by atoms with Gasteiger partial charge in [-0.05, 0) is 35.9 Å². The maximum Gasteiger partial charge on any atom is 0.191 e. The monoisotopic (exact) mass is 451 g/mol. The predicted molar refractivity (Wildman–Crippen MR) is 137 cm³/mol. The van der Waals surface area contributed by atoms with Gasteiger partial charge in [0.05, 0.1) is 33.6 Å². The SMILES string of the molecule is Cn1c(-c2ccc(-c3nc4ccc(N=C(N)N)cc4n3C)cc2)nc2cc(CC(=N)N)ccc21. The van der Waals surface area contributed by atoms with E-state index in [2.05, 4.69) is 21.7 Å². The van der Waals surface area contributed by atoms with Crippen LogP contribution >= 0.6 is 0 Å². The standard InChI is InChI=1S/C25H25N9/c1-33-20-10-3-14(12-22(26)27)11-19(20)32-24(33)16-6-4-15(5-7-16)23-31-18-9-8-17(30-25(28)29)13-21(18)34(23)2/h3-11,13H,12H2,1-2H3,(H3,26,27)(H4,28,29,30). The van der Waals surface area contributed by atoms with Crippen molar-refractivity contribution >= 4 is 39.5 Å². The van der Waals surface area contributed by atoms with Crippen LogP contribution in [0.25, 0.3) is 44.8 Å². The molecule has 2 heterocycles. The first kappa shape index (κ1) is 21.2. The summed E-state index contributed by atoms with van der Waals surface area (Å²) in [4.78, 5) is 13.8. The maximum atomic E-state index is 7.53.